The van der Waals surface area contributed by atoms with Gasteiger partial charge in [-0.1, -0.05) is 40.6 Å². The molecule has 0 saturated heterocycles. The van der Waals surface area contributed by atoms with Gasteiger partial charge in [0.1, 0.15) is 17.6 Å². The van der Waals surface area contributed by atoms with Gasteiger partial charge in [0.25, 0.3) is 5.56 Å². The van der Waals surface area contributed by atoms with Gasteiger partial charge in [-0.05, 0) is 74.9 Å². The number of rotatable bonds is 6. The van der Waals surface area contributed by atoms with Crippen molar-refractivity contribution in [2.75, 3.05) is 6.61 Å². The molecular formula is C28H22Cl2N2O5S. The van der Waals surface area contributed by atoms with E-state index >= 15 is 0 Å². The topological polar surface area (TPSA) is 94.0 Å². The molecule has 0 amide bonds. The smallest absolute Gasteiger partial charge is 0.271 e. The zero-order chi connectivity index (χ0) is 27.1. The van der Waals surface area contributed by atoms with Crippen LogP contribution in [0.2, 0.25) is 10.0 Å². The molecule has 0 fully saturated rings. The van der Waals surface area contributed by atoms with Crippen LogP contribution in [-0.2, 0) is 4.79 Å². The highest BCUT2D eigenvalue weighted by atomic mass is 35.5. The molecule has 0 radical (unpaired) electrons. The Bertz CT molecular complexity index is 1800. The number of thiazole rings is 1. The Morgan fingerprint density at radius 3 is 2.68 bits per heavy atom. The Morgan fingerprint density at radius 1 is 1.18 bits per heavy atom. The number of allylic oxidation sites excluding steroid dienone is 2. The SMILES string of the molecule is CCOc1cc(/C=c2/sc3n(c2=O)[C@H](c2ccc(-c4ccc(Cl)c(Cl)c4)o2)C(C(C)=O)=C(C)N=3)ccc1O. The summed E-state index contributed by atoms with van der Waals surface area (Å²) in [5, 5.41) is 10.8. The number of hydrogen-bond donors (Lipinski definition) is 1. The van der Waals surface area contributed by atoms with Crippen LogP contribution in [0.3, 0.4) is 0 Å². The van der Waals surface area contributed by atoms with E-state index in [0.717, 1.165) is 0 Å². The van der Waals surface area contributed by atoms with Crippen LogP contribution in [0, 0.1) is 0 Å². The van der Waals surface area contributed by atoms with Crippen LogP contribution in [0.5, 0.6) is 11.5 Å². The number of phenolic OH excluding ortho intramolecular Hbond substituents is 1. The Hall–Kier alpha value is -3.59. The van der Waals surface area contributed by atoms with E-state index in [2.05, 4.69) is 4.99 Å². The predicted molar refractivity (Wildman–Crippen MR) is 148 cm³/mol. The lowest BCUT2D eigenvalue weighted by Crippen LogP contribution is -2.39. The van der Waals surface area contributed by atoms with E-state index < -0.39 is 6.04 Å². The summed E-state index contributed by atoms with van der Waals surface area (Å²) < 4.78 is 13.6. The van der Waals surface area contributed by atoms with Crippen molar-refractivity contribution in [1.82, 2.24) is 4.57 Å². The van der Waals surface area contributed by atoms with Crippen LogP contribution in [-0.4, -0.2) is 22.1 Å². The largest absolute Gasteiger partial charge is 0.504 e. The van der Waals surface area contributed by atoms with Gasteiger partial charge >= 0.3 is 0 Å². The van der Waals surface area contributed by atoms with Crippen molar-refractivity contribution in [3.63, 3.8) is 0 Å². The van der Waals surface area contributed by atoms with Crippen molar-refractivity contribution in [2.45, 2.75) is 26.8 Å². The maximum absolute atomic E-state index is 13.7. The second kappa shape index (κ2) is 10.3. The normalized spacial score (nSPS) is 15.4. The molecule has 5 rings (SSSR count). The monoisotopic (exact) mass is 568 g/mol. The molecule has 7 nitrogen and oxygen atoms in total. The highest BCUT2D eigenvalue weighted by molar-refractivity contribution is 7.07. The summed E-state index contributed by atoms with van der Waals surface area (Å²) in [4.78, 5) is 31.5. The van der Waals surface area contributed by atoms with Gasteiger partial charge in [-0.25, -0.2) is 4.99 Å². The molecule has 0 aliphatic carbocycles. The average molecular weight is 569 g/mol. The van der Waals surface area contributed by atoms with E-state index in [-0.39, 0.29) is 17.1 Å². The third-order valence-corrected chi connectivity index (χ3v) is 7.80. The highest BCUT2D eigenvalue weighted by Crippen LogP contribution is 2.35. The molecule has 3 heterocycles. The summed E-state index contributed by atoms with van der Waals surface area (Å²) in [5.41, 5.74) is 1.97. The minimum absolute atomic E-state index is 0.0165. The molecule has 38 heavy (non-hydrogen) atoms. The van der Waals surface area contributed by atoms with Gasteiger partial charge < -0.3 is 14.3 Å². The molecule has 1 N–H and O–H groups in total. The van der Waals surface area contributed by atoms with Crippen LogP contribution in [0.4, 0.5) is 0 Å². The first-order valence-electron chi connectivity index (χ1n) is 11.7. The molecule has 0 spiro atoms. The van der Waals surface area contributed by atoms with Crippen LogP contribution in [0.25, 0.3) is 17.4 Å². The first-order chi connectivity index (χ1) is 18.2. The third kappa shape index (κ3) is 4.71. The molecule has 1 atom stereocenters. The predicted octanol–water partition coefficient (Wildman–Crippen LogP) is 5.50. The summed E-state index contributed by atoms with van der Waals surface area (Å²) >= 11 is 13.5. The number of fused-ring (bicyclic) bond motifs is 1. The van der Waals surface area contributed by atoms with Crippen molar-refractivity contribution in [3.05, 3.63) is 101 Å². The minimum atomic E-state index is -0.791. The number of Topliss-reactive ketones (excluding diaryl/α,β-unsaturated/α-hetero) is 1. The lowest BCUT2D eigenvalue weighted by Gasteiger charge is -2.22. The van der Waals surface area contributed by atoms with Gasteiger partial charge in [-0.2, -0.15) is 0 Å². The number of aromatic hydroxyl groups is 1. The maximum atomic E-state index is 13.7. The number of aromatic nitrogens is 1. The fraction of sp³-hybridized carbons (Fsp3) is 0.179. The quantitative estimate of drug-likeness (QED) is 0.331. The number of benzene rings is 2. The lowest BCUT2D eigenvalue weighted by molar-refractivity contribution is -0.114. The van der Waals surface area contributed by atoms with E-state index in [1.807, 2.05) is 6.92 Å². The molecule has 2 aromatic carbocycles. The summed E-state index contributed by atoms with van der Waals surface area (Å²) in [6.07, 6.45) is 1.71. The Kier molecular flexibility index (Phi) is 7.05. The summed E-state index contributed by atoms with van der Waals surface area (Å²) in [7, 11) is 0. The molecule has 0 saturated carbocycles. The molecule has 0 unspecified atom stereocenters. The van der Waals surface area contributed by atoms with E-state index in [4.69, 9.17) is 32.4 Å². The molecule has 2 aromatic heterocycles. The number of halogens is 2. The van der Waals surface area contributed by atoms with Gasteiger partial charge in [0, 0.05) is 16.8 Å². The summed E-state index contributed by atoms with van der Waals surface area (Å²) in [6, 6.07) is 12.7. The van der Waals surface area contributed by atoms with Crippen LogP contribution < -0.4 is 19.6 Å². The average Bonchev–Trinajstić information content (AvgIpc) is 3.47. The number of hydrogen-bond acceptors (Lipinski definition) is 7. The van der Waals surface area contributed by atoms with E-state index in [1.54, 1.807) is 55.5 Å². The number of phenols is 1. The Balaban J connectivity index is 1.66. The highest BCUT2D eigenvalue weighted by Gasteiger charge is 2.33. The number of carbonyl (C=O) groups excluding carboxylic acids is 1. The number of ketones is 1. The number of nitrogens with zero attached hydrogens (tertiary/aromatic N) is 2. The molecule has 10 heteroatoms. The maximum Gasteiger partial charge on any atom is 0.271 e. The first-order valence-corrected chi connectivity index (χ1v) is 13.3. The zero-order valence-electron chi connectivity index (χ0n) is 20.6. The number of ether oxygens (including phenoxy) is 1. The van der Waals surface area contributed by atoms with Gasteiger partial charge in [0.15, 0.2) is 22.1 Å². The van der Waals surface area contributed by atoms with Crippen molar-refractivity contribution in [2.24, 2.45) is 4.99 Å². The zero-order valence-corrected chi connectivity index (χ0v) is 22.9. The molecule has 0 bridgehead atoms. The molecule has 1 aliphatic heterocycles. The van der Waals surface area contributed by atoms with E-state index in [0.29, 0.717) is 65.7 Å². The van der Waals surface area contributed by atoms with E-state index in [9.17, 15) is 14.7 Å². The van der Waals surface area contributed by atoms with Gasteiger partial charge in [0.05, 0.1) is 21.2 Å². The van der Waals surface area contributed by atoms with Gasteiger partial charge in [-0.15, -0.1) is 0 Å². The van der Waals surface area contributed by atoms with Crippen molar-refractivity contribution in [3.8, 4) is 22.8 Å². The van der Waals surface area contributed by atoms with Crippen molar-refractivity contribution >= 4 is 46.4 Å². The fourth-order valence-corrected chi connectivity index (χ4v) is 5.73. The molecule has 194 valence electrons. The molecule has 4 aromatic rings. The first kappa shape index (κ1) is 26.0. The standard InChI is InChI=1S/C28H22Cl2N2O5S/c1-4-36-23-11-16(5-8-20(23)34)12-24-27(35)32-26(25(15(3)33)14(2)31-28(32)38-24)22-10-9-21(37-22)17-6-7-18(29)19(30)13-17/h5-13,26,34H,4H2,1-3H3/b24-12+/t26-/m1/s1. The van der Waals surface area contributed by atoms with Gasteiger partial charge in [-0.3, -0.25) is 14.2 Å². The van der Waals surface area contributed by atoms with E-state index in [1.165, 1.54) is 28.9 Å². The van der Waals surface area contributed by atoms with Gasteiger partial charge in [0.2, 0.25) is 0 Å². The Labute approximate surface area is 231 Å². The number of furan rings is 1. The number of carbonyl (C=O) groups is 1. The second-order valence-electron chi connectivity index (χ2n) is 8.63. The third-order valence-electron chi connectivity index (χ3n) is 6.08. The molecular weight excluding hydrogens is 547 g/mol. The van der Waals surface area contributed by atoms with Crippen molar-refractivity contribution in [1.29, 1.82) is 0 Å². The van der Waals surface area contributed by atoms with Crippen LogP contribution in [0.1, 0.15) is 38.1 Å². The van der Waals surface area contributed by atoms with Crippen LogP contribution >= 0.6 is 34.5 Å². The second-order valence-corrected chi connectivity index (χ2v) is 10.5. The molecule has 1 aliphatic rings. The minimum Gasteiger partial charge on any atom is -0.504 e. The summed E-state index contributed by atoms with van der Waals surface area (Å²) in [6.45, 7) is 5.41. The van der Waals surface area contributed by atoms with Crippen LogP contribution in [0.15, 0.2) is 74.0 Å². The van der Waals surface area contributed by atoms with Crippen molar-refractivity contribution < 1.29 is 19.1 Å². The summed E-state index contributed by atoms with van der Waals surface area (Å²) in [5.74, 6) is 1.07. The fourth-order valence-electron chi connectivity index (χ4n) is 4.39. The Morgan fingerprint density at radius 2 is 1.97 bits per heavy atom. The lowest BCUT2D eigenvalue weighted by atomic mass is 9.98.